The van der Waals surface area contributed by atoms with Gasteiger partial charge in [0.05, 0.1) is 9.78 Å². The third kappa shape index (κ3) is 4.45. The Labute approximate surface area is 142 Å². The standard InChI is InChI=1S/C16H16IN3O2/c1-2-12-5-3-4-6-14(12)19-16(22)20-18-10-11-7-8-15(21)13(17)9-11/h3-10,21H,2H2,1H3,(H2,19,20,22)/b18-10+. The van der Waals surface area contributed by atoms with Crippen LogP contribution in [0.4, 0.5) is 10.5 Å². The van der Waals surface area contributed by atoms with Crippen LogP contribution < -0.4 is 10.7 Å². The first-order valence-electron chi connectivity index (χ1n) is 6.76. The lowest BCUT2D eigenvalue weighted by Gasteiger charge is -2.08. The number of nitrogens with one attached hydrogen (secondary N) is 2. The Balaban J connectivity index is 1.95. The summed E-state index contributed by atoms with van der Waals surface area (Å²) < 4.78 is 0.725. The second-order valence-electron chi connectivity index (χ2n) is 4.55. The lowest BCUT2D eigenvalue weighted by atomic mass is 10.1. The first-order chi connectivity index (χ1) is 10.6. The van der Waals surface area contributed by atoms with Crippen molar-refractivity contribution in [2.24, 2.45) is 5.10 Å². The maximum atomic E-state index is 11.8. The molecule has 0 aliphatic heterocycles. The third-order valence-corrected chi connectivity index (χ3v) is 3.86. The zero-order valence-electron chi connectivity index (χ0n) is 12.0. The highest BCUT2D eigenvalue weighted by molar-refractivity contribution is 14.1. The van der Waals surface area contributed by atoms with E-state index < -0.39 is 6.03 Å². The van der Waals surface area contributed by atoms with E-state index in [1.807, 2.05) is 53.8 Å². The van der Waals surface area contributed by atoms with Crippen LogP contribution in [-0.4, -0.2) is 17.4 Å². The number of hydrogen-bond acceptors (Lipinski definition) is 3. The topological polar surface area (TPSA) is 73.7 Å². The predicted molar refractivity (Wildman–Crippen MR) is 96.4 cm³/mol. The van der Waals surface area contributed by atoms with Gasteiger partial charge in [-0.1, -0.05) is 25.1 Å². The van der Waals surface area contributed by atoms with Crippen LogP contribution in [0.15, 0.2) is 47.6 Å². The van der Waals surface area contributed by atoms with Gasteiger partial charge in [0.15, 0.2) is 0 Å². The number of hydrazone groups is 1. The number of nitrogens with zero attached hydrogens (tertiary/aromatic N) is 1. The number of carbonyl (C=O) groups excluding carboxylic acids is 1. The van der Waals surface area contributed by atoms with Crippen molar-refractivity contribution in [3.63, 3.8) is 0 Å². The Hall–Kier alpha value is -2.09. The van der Waals surface area contributed by atoms with Gasteiger partial charge in [-0.05, 0) is 64.4 Å². The van der Waals surface area contributed by atoms with E-state index in [1.165, 1.54) is 6.21 Å². The molecule has 0 saturated heterocycles. The van der Waals surface area contributed by atoms with Crippen molar-refractivity contribution in [2.45, 2.75) is 13.3 Å². The van der Waals surface area contributed by atoms with Crippen molar-refractivity contribution >= 4 is 40.5 Å². The molecule has 0 aliphatic rings. The van der Waals surface area contributed by atoms with Gasteiger partial charge in [-0.3, -0.25) is 0 Å². The van der Waals surface area contributed by atoms with Crippen LogP contribution in [0, 0.1) is 3.57 Å². The molecule has 6 heteroatoms. The minimum absolute atomic E-state index is 0.222. The number of aryl methyl sites for hydroxylation is 1. The number of hydrogen-bond donors (Lipinski definition) is 3. The van der Waals surface area contributed by atoms with Crippen molar-refractivity contribution in [1.82, 2.24) is 5.43 Å². The summed E-state index contributed by atoms with van der Waals surface area (Å²) >= 11 is 2.03. The van der Waals surface area contributed by atoms with E-state index in [9.17, 15) is 9.90 Å². The molecule has 0 atom stereocenters. The van der Waals surface area contributed by atoms with Crippen LogP contribution in [0.5, 0.6) is 5.75 Å². The van der Waals surface area contributed by atoms with Crippen LogP contribution in [0.25, 0.3) is 0 Å². The third-order valence-electron chi connectivity index (χ3n) is 3.00. The number of urea groups is 1. The van der Waals surface area contributed by atoms with Crippen molar-refractivity contribution in [1.29, 1.82) is 0 Å². The number of phenols is 1. The quantitative estimate of drug-likeness (QED) is 0.409. The number of anilines is 1. The number of carbonyl (C=O) groups is 1. The van der Waals surface area contributed by atoms with Crippen LogP contribution >= 0.6 is 22.6 Å². The molecule has 114 valence electrons. The van der Waals surface area contributed by atoms with Gasteiger partial charge in [0.1, 0.15) is 5.75 Å². The Morgan fingerprint density at radius 3 is 2.82 bits per heavy atom. The summed E-state index contributed by atoms with van der Waals surface area (Å²) in [4.78, 5) is 11.8. The molecule has 22 heavy (non-hydrogen) atoms. The number of benzene rings is 2. The fraction of sp³-hybridized carbons (Fsp3) is 0.125. The minimum atomic E-state index is -0.398. The molecule has 0 radical (unpaired) electrons. The van der Waals surface area contributed by atoms with E-state index >= 15 is 0 Å². The number of aromatic hydroxyl groups is 1. The Bertz CT molecular complexity index is 702. The van der Waals surface area contributed by atoms with Gasteiger partial charge in [0.25, 0.3) is 0 Å². The maximum Gasteiger partial charge on any atom is 0.339 e. The van der Waals surface area contributed by atoms with E-state index in [0.717, 1.165) is 26.8 Å². The van der Waals surface area contributed by atoms with E-state index in [2.05, 4.69) is 15.8 Å². The molecule has 0 spiro atoms. The Morgan fingerprint density at radius 2 is 2.09 bits per heavy atom. The smallest absolute Gasteiger partial charge is 0.339 e. The van der Waals surface area contributed by atoms with Gasteiger partial charge in [-0.2, -0.15) is 5.10 Å². The minimum Gasteiger partial charge on any atom is -0.507 e. The van der Waals surface area contributed by atoms with E-state index in [4.69, 9.17) is 0 Å². The van der Waals surface area contributed by atoms with Crippen LogP contribution in [0.1, 0.15) is 18.1 Å². The summed E-state index contributed by atoms with van der Waals surface area (Å²) in [5.74, 6) is 0.222. The highest BCUT2D eigenvalue weighted by atomic mass is 127. The van der Waals surface area contributed by atoms with Crippen LogP contribution in [0.2, 0.25) is 0 Å². The molecule has 3 N–H and O–H groups in total. The normalized spacial score (nSPS) is 10.6. The van der Waals surface area contributed by atoms with E-state index in [1.54, 1.807) is 18.2 Å². The van der Waals surface area contributed by atoms with Crippen LogP contribution in [0.3, 0.4) is 0 Å². The largest absolute Gasteiger partial charge is 0.507 e. The average Bonchev–Trinajstić information content (AvgIpc) is 2.51. The predicted octanol–water partition coefficient (Wildman–Crippen LogP) is 3.71. The molecule has 0 heterocycles. The summed E-state index contributed by atoms with van der Waals surface area (Å²) in [7, 11) is 0. The van der Waals surface area contributed by atoms with Crippen molar-refractivity contribution in [2.75, 3.05) is 5.32 Å². The lowest BCUT2D eigenvalue weighted by molar-refractivity contribution is 0.252. The molecule has 2 aromatic rings. The summed E-state index contributed by atoms with van der Waals surface area (Å²) in [6.45, 7) is 2.03. The number of halogens is 1. The molecule has 0 aliphatic carbocycles. The van der Waals surface area contributed by atoms with Gasteiger partial charge in [-0.25, -0.2) is 10.2 Å². The van der Waals surface area contributed by atoms with Crippen molar-refractivity contribution in [3.05, 3.63) is 57.2 Å². The fourth-order valence-corrected chi connectivity index (χ4v) is 2.41. The number of phenolic OH excluding ortho intramolecular Hbond substituents is 1. The highest BCUT2D eigenvalue weighted by Gasteiger charge is 2.03. The monoisotopic (exact) mass is 409 g/mol. The molecule has 0 unspecified atom stereocenters. The SMILES string of the molecule is CCc1ccccc1NC(=O)N/N=C/c1ccc(O)c(I)c1. The summed E-state index contributed by atoms with van der Waals surface area (Å²) in [6.07, 6.45) is 2.36. The molecular formula is C16H16IN3O2. The second kappa shape index (κ2) is 7.79. The number of amides is 2. The fourth-order valence-electron chi connectivity index (χ4n) is 1.87. The first kappa shape index (κ1) is 16.3. The molecule has 5 nitrogen and oxygen atoms in total. The number of rotatable bonds is 4. The van der Waals surface area contributed by atoms with Crippen molar-refractivity contribution in [3.8, 4) is 5.75 Å². The van der Waals surface area contributed by atoms with Gasteiger partial charge in [0.2, 0.25) is 0 Å². The van der Waals surface area contributed by atoms with Gasteiger partial charge in [-0.15, -0.1) is 0 Å². The zero-order chi connectivity index (χ0) is 15.9. The van der Waals surface area contributed by atoms with E-state index in [0.29, 0.717) is 0 Å². The highest BCUT2D eigenvalue weighted by Crippen LogP contribution is 2.19. The molecule has 2 aromatic carbocycles. The van der Waals surface area contributed by atoms with Gasteiger partial charge in [0, 0.05) is 5.69 Å². The summed E-state index contributed by atoms with van der Waals surface area (Å²) in [5, 5.41) is 16.1. The Kier molecular flexibility index (Phi) is 5.76. The lowest BCUT2D eigenvalue weighted by Crippen LogP contribution is -2.24. The average molecular weight is 409 g/mol. The van der Waals surface area contributed by atoms with Gasteiger partial charge >= 0.3 is 6.03 Å². The second-order valence-corrected chi connectivity index (χ2v) is 5.71. The van der Waals surface area contributed by atoms with E-state index in [-0.39, 0.29) is 5.75 Å². The molecule has 0 aromatic heterocycles. The zero-order valence-corrected chi connectivity index (χ0v) is 14.2. The van der Waals surface area contributed by atoms with Crippen molar-refractivity contribution < 1.29 is 9.90 Å². The maximum absolute atomic E-state index is 11.8. The molecule has 2 amide bonds. The first-order valence-corrected chi connectivity index (χ1v) is 7.84. The molecule has 0 bridgehead atoms. The molecule has 0 fully saturated rings. The molecule has 2 rings (SSSR count). The van der Waals surface area contributed by atoms with Gasteiger partial charge < -0.3 is 10.4 Å². The van der Waals surface area contributed by atoms with Crippen LogP contribution in [-0.2, 0) is 6.42 Å². The summed E-state index contributed by atoms with van der Waals surface area (Å²) in [5.41, 5.74) is 5.05. The summed E-state index contributed by atoms with van der Waals surface area (Å²) in [6, 6.07) is 12.3. The Morgan fingerprint density at radius 1 is 1.32 bits per heavy atom. The molecular weight excluding hydrogens is 393 g/mol. The number of para-hydroxylation sites is 1. The molecule has 0 saturated carbocycles.